The Labute approximate surface area is 171 Å². The number of aromatic nitrogens is 1. The van der Waals surface area contributed by atoms with E-state index in [0.717, 1.165) is 29.1 Å². The highest BCUT2D eigenvalue weighted by atomic mass is 32.1. The number of piperazine rings is 1. The molecule has 2 aliphatic rings. The summed E-state index contributed by atoms with van der Waals surface area (Å²) in [5, 5.41) is 4.87. The number of nitrogens with zero attached hydrogens (tertiary/aromatic N) is 4. The van der Waals surface area contributed by atoms with Crippen molar-refractivity contribution < 1.29 is 14.4 Å². The molecule has 9 heteroatoms. The van der Waals surface area contributed by atoms with E-state index < -0.39 is 11.8 Å². The first kappa shape index (κ1) is 19.1. The fraction of sp³-hybridized carbons (Fsp3) is 0.474. The zero-order valence-electron chi connectivity index (χ0n) is 15.7. The molecule has 0 unspecified atom stereocenters. The Morgan fingerprint density at radius 1 is 0.929 bits per heavy atom. The second kappa shape index (κ2) is 8.00. The van der Waals surface area contributed by atoms with E-state index in [4.69, 9.17) is 0 Å². The molecule has 2 aromatic heterocycles. The number of aryl methyl sites for hydroxylation is 1. The Bertz CT molecular complexity index is 879. The van der Waals surface area contributed by atoms with Crippen LogP contribution in [0.1, 0.15) is 28.2 Å². The summed E-state index contributed by atoms with van der Waals surface area (Å²) >= 11 is 3.01. The van der Waals surface area contributed by atoms with Crippen molar-refractivity contribution in [1.82, 2.24) is 19.7 Å². The Balaban J connectivity index is 1.38. The van der Waals surface area contributed by atoms with Gasteiger partial charge in [-0.1, -0.05) is 0 Å². The third-order valence-corrected chi connectivity index (χ3v) is 7.07. The highest BCUT2D eigenvalue weighted by molar-refractivity contribution is 7.17. The highest BCUT2D eigenvalue weighted by Gasteiger charge is 2.32. The SMILES string of the molecule is Cc1nc(-c2ccsc2)sc1C(=O)N1CCN(C(=O)C(=O)N2CCCC2)CC1. The molecule has 0 N–H and O–H groups in total. The summed E-state index contributed by atoms with van der Waals surface area (Å²) in [5.74, 6) is -0.895. The van der Waals surface area contributed by atoms with Crippen molar-refractivity contribution in [3.8, 4) is 10.6 Å². The molecule has 0 radical (unpaired) electrons. The van der Waals surface area contributed by atoms with Crippen LogP contribution in [0.25, 0.3) is 10.6 Å². The second-order valence-corrected chi connectivity index (χ2v) is 8.81. The minimum absolute atomic E-state index is 0.0468. The number of amides is 3. The van der Waals surface area contributed by atoms with Crippen LogP contribution in [0, 0.1) is 6.92 Å². The number of rotatable bonds is 2. The normalized spacial score (nSPS) is 17.2. The van der Waals surface area contributed by atoms with Gasteiger partial charge in [-0.05, 0) is 31.2 Å². The Kier molecular flexibility index (Phi) is 5.45. The number of carbonyl (C=O) groups is 3. The summed E-state index contributed by atoms with van der Waals surface area (Å²) in [6, 6.07) is 2.00. The van der Waals surface area contributed by atoms with Crippen molar-refractivity contribution >= 4 is 40.4 Å². The molecular weight excluding hydrogens is 396 g/mol. The first-order chi connectivity index (χ1) is 13.5. The lowest BCUT2D eigenvalue weighted by molar-refractivity contribution is -0.152. The van der Waals surface area contributed by atoms with E-state index in [-0.39, 0.29) is 5.91 Å². The van der Waals surface area contributed by atoms with Gasteiger partial charge in [-0.15, -0.1) is 11.3 Å². The summed E-state index contributed by atoms with van der Waals surface area (Å²) in [7, 11) is 0. The lowest BCUT2D eigenvalue weighted by Gasteiger charge is -2.34. The van der Waals surface area contributed by atoms with E-state index in [0.29, 0.717) is 44.1 Å². The molecule has 0 bridgehead atoms. The van der Waals surface area contributed by atoms with E-state index in [1.807, 2.05) is 23.8 Å². The average molecular weight is 419 g/mol. The van der Waals surface area contributed by atoms with Gasteiger partial charge in [0.2, 0.25) is 0 Å². The summed E-state index contributed by atoms with van der Waals surface area (Å²) in [6.07, 6.45) is 1.92. The molecule has 28 heavy (non-hydrogen) atoms. The molecule has 2 aliphatic heterocycles. The molecule has 0 aromatic carbocycles. The third kappa shape index (κ3) is 3.68. The van der Waals surface area contributed by atoms with Crippen LogP contribution in [0.5, 0.6) is 0 Å². The molecule has 4 heterocycles. The third-order valence-electron chi connectivity index (χ3n) is 5.19. The minimum atomic E-state index is -0.442. The fourth-order valence-corrected chi connectivity index (χ4v) is 5.30. The van der Waals surface area contributed by atoms with Crippen LogP contribution in [0.2, 0.25) is 0 Å². The Morgan fingerprint density at radius 3 is 2.14 bits per heavy atom. The number of thiazole rings is 1. The molecule has 0 atom stereocenters. The summed E-state index contributed by atoms with van der Waals surface area (Å²) < 4.78 is 0. The van der Waals surface area contributed by atoms with Crippen molar-refractivity contribution in [2.24, 2.45) is 0 Å². The second-order valence-electron chi connectivity index (χ2n) is 7.03. The highest BCUT2D eigenvalue weighted by Crippen LogP contribution is 2.30. The van der Waals surface area contributed by atoms with Gasteiger partial charge in [0.05, 0.1) is 5.69 Å². The van der Waals surface area contributed by atoms with Crippen LogP contribution in [-0.4, -0.2) is 76.7 Å². The maximum absolute atomic E-state index is 12.9. The standard InChI is InChI=1S/C19H22N4O3S2/c1-13-15(28-16(20-13)14-4-11-27-12-14)17(24)22-7-9-23(10-8-22)19(26)18(25)21-5-2-3-6-21/h4,11-12H,2-3,5-10H2,1H3. The van der Waals surface area contributed by atoms with Crippen LogP contribution in [-0.2, 0) is 9.59 Å². The van der Waals surface area contributed by atoms with E-state index in [1.54, 1.807) is 26.0 Å². The van der Waals surface area contributed by atoms with Gasteiger partial charge in [-0.2, -0.15) is 11.3 Å². The largest absolute Gasteiger partial charge is 0.334 e. The molecule has 0 aliphatic carbocycles. The molecule has 2 aromatic rings. The molecule has 148 valence electrons. The first-order valence-electron chi connectivity index (χ1n) is 9.42. The fourth-order valence-electron chi connectivity index (χ4n) is 3.55. The topological polar surface area (TPSA) is 73.8 Å². The van der Waals surface area contributed by atoms with Gasteiger partial charge in [0, 0.05) is 50.2 Å². The van der Waals surface area contributed by atoms with Crippen molar-refractivity contribution in [2.75, 3.05) is 39.3 Å². The van der Waals surface area contributed by atoms with Gasteiger partial charge in [0.1, 0.15) is 9.88 Å². The zero-order chi connectivity index (χ0) is 19.7. The van der Waals surface area contributed by atoms with Gasteiger partial charge >= 0.3 is 11.8 Å². The number of carbonyl (C=O) groups excluding carboxylic acids is 3. The number of hydrogen-bond donors (Lipinski definition) is 0. The number of hydrogen-bond acceptors (Lipinski definition) is 6. The molecule has 2 fully saturated rings. The Morgan fingerprint density at radius 2 is 1.54 bits per heavy atom. The lowest BCUT2D eigenvalue weighted by atomic mass is 10.2. The molecule has 0 saturated carbocycles. The van der Waals surface area contributed by atoms with Gasteiger partial charge in [-0.3, -0.25) is 14.4 Å². The van der Waals surface area contributed by atoms with Crippen LogP contribution >= 0.6 is 22.7 Å². The van der Waals surface area contributed by atoms with Crippen LogP contribution < -0.4 is 0 Å². The van der Waals surface area contributed by atoms with Crippen LogP contribution in [0.3, 0.4) is 0 Å². The summed E-state index contributed by atoms with van der Waals surface area (Å²) in [5.41, 5.74) is 1.77. The number of thiophene rings is 1. The van der Waals surface area contributed by atoms with Crippen LogP contribution in [0.4, 0.5) is 0 Å². The summed E-state index contributed by atoms with van der Waals surface area (Å²) in [6.45, 7) is 4.83. The molecule has 0 spiro atoms. The van der Waals surface area contributed by atoms with Crippen LogP contribution in [0.15, 0.2) is 16.8 Å². The van der Waals surface area contributed by atoms with Crippen molar-refractivity contribution in [2.45, 2.75) is 19.8 Å². The van der Waals surface area contributed by atoms with E-state index in [2.05, 4.69) is 4.98 Å². The number of likely N-dealkylation sites (tertiary alicyclic amines) is 1. The minimum Gasteiger partial charge on any atom is -0.334 e. The summed E-state index contributed by atoms with van der Waals surface area (Å²) in [4.78, 5) is 47.8. The molecule has 4 rings (SSSR count). The molecule has 2 saturated heterocycles. The quantitative estimate of drug-likeness (QED) is 0.700. The lowest BCUT2D eigenvalue weighted by Crippen LogP contribution is -2.54. The predicted molar refractivity (Wildman–Crippen MR) is 108 cm³/mol. The van der Waals surface area contributed by atoms with Crippen molar-refractivity contribution in [3.05, 3.63) is 27.4 Å². The van der Waals surface area contributed by atoms with Gasteiger partial charge in [-0.25, -0.2) is 4.98 Å². The van der Waals surface area contributed by atoms with E-state index >= 15 is 0 Å². The first-order valence-corrected chi connectivity index (χ1v) is 11.2. The monoisotopic (exact) mass is 418 g/mol. The van der Waals surface area contributed by atoms with Crippen molar-refractivity contribution in [1.29, 1.82) is 0 Å². The van der Waals surface area contributed by atoms with E-state index in [1.165, 1.54) is 11.3 Å². The molecule has 3 amide bonds. The van der Waals surface area contributed by atoms with Gasteiger partial charge in [0.15, 0.2) is 0 Å². The maximum atomic E-state index is 12.9. The predicted octanol–water partition coefficient (Wildman–Crippen LogP) is 2.09. The molecular formula is C19H22N4O3S2. The maximum Gasteiger partial charge on any atom is 0.312 e. The zero-order valence-corrected chi connectivity index (χ0v) is 17.4. The van der Waals surface area contributed by atoms with Gasteiger partial charge < -0.3 is 14.7 Å². The van der Waals surface area contributed by atoms with Gasteiger partial charge in [0.25, 0.3) is 5.91 Å². The average Bonchev–Trinajstić information content (AvgIpc) is 3.47. The Hall–Kier alpha value is -2.26. The van der Waals surface area contributed by atoms with E-state index in [9.17, 15) is 14.4 Å². The molecule has 7 nitrogen and oxygen atoms in total. The smallest absolute Gasteiger partial charge is 0.312 e. The van der Waals surface area contributed by atoms with Crippen molar-refractivity contribution in [3.63, 3.8) is 0 Å².